The molecule has 0 spiro atoms. The van der Waals surface area contributed by atoms with Gasteiger partial charge in [-0.15, -0.1) is 0 Å². The molecule has 1 amide bonds. The van der Waals surface area contributed by atoms with Crippen molar-refractivity contribution < 1.29 is 14.1 Å². The number of amides is 1. The zero-order chi connectivity index (χ0) is 16.2. The molecule has 1 aromatic carbocycles. The van der Waals surface area contributed by atoms with Gasteiger partial charge in [-0.05, 0) is 12.5 Å². The minimum absolute atomic E-state index is 0.0156. The lowest BCUT2D eigenvalue weighted by Crippen LogP contribution is -2.28. The summed E-state index contributed by atoms with van der Waals surface area (Å²) in [7, 11) is 1.63. The standard InChI is InChI=1S/C17H21N3O3/c1-12-4-3-5-13(8-12)9-15-18-17(23-19-15)14-10-16(21)20(11-14)6-7-22-2/h3-5,8,14H,6-7,9-11H2,1-2H3/t14-/m0/s1. The molecule has 2 heterocycles. The van der Waals surface area contributed by atoms with E-state index in [0.29, 0.717) is 44.3 Å². The van der Waals surface area contributed by atoms with Crippen LogP contribution in [0.2, 0.25) is 0 Å². The zero-order valence-corrected chi connectivity index (χ0v) is 13.5. The highest BCUT2D eigenvalue weighted by Gasteiger charge is 2.33. The molecule has 6 heteroatoms. The van der Waals surface area contributed by atoms with Gasteiger partial charge in [0, 0.05) is 33.0 Å². The van der Waals surface area contributed by atoms with E-state index in [-0.39, 0.29) is 11.8 Å². The van der Waals surface area contributed by atoms with Crippen molar-refractivity contribution >= 4 is 5.91 Å². The molecule has 1 saturated heterocycles. The van der Waals surface area contributed by atoms with Crippen molar-refractivity contribution in [1.82, 2.24) is 15.0 Å². The SMILES string of the molecule is COCCN1C[C@@H](c2nc(Cc3cccc(C)c3)no2)CC1=O. The molecule has 1 aliphatic heterocycles. The summed E-state index contributed by atoms with van der Waals surface area (Å²) in [6, 6.07) is 8.25. The van der Waals surface area contributed by atoms with E-state index in [0.717, 1.165) is 5.56 Å². The Bertz CT molecular complexity index is 683. The molecular formula is C17H21N3O3. The third-order valence-electron chi connectivity index (χ3n) is 4.06. The summed E-state index contributed by atoms with van der Waals surface area (Å²) in [5, 5.41) is 4.06. The van der Waals surface area contributed by atoms with E-state index in [1.165, 1.54) is 5.56 Å². The van der Waals surface area contributed by atoms with Gasteiger partial charge in [-0.2, -0.15) is 4.98 Å². The van der Waals surface area contributed by atoms with Crippen molar-refractivity contribution in [1.29, 1.82) is 0 Å². The molecule has 0 radical (unpaired) electrons. The first kappa shape index (κ1) is 15.7. The van der Waals surface area contributed by atoms with Crippen molar-refractivity contribution in [3.63, 3.8) is 0 Å². The topological polar surface area (TPSA) is 68.5 Å². The predicted molar refractivity (Wildman–Crippen MR) is 84.1 cm³/mol. The molecule has 3 rings (SSSR count). The highest BCUT2D eigenvalue weighted by atomic mass is 16.5. The molecule has 2 aromatic rings. The Morgan fingerprint density at radius 1 is 1.43 bits per heavy atom. The molecule has 6 nitrogen and oxygen atoms in total. The molecule has 23 heavy (non-hydrogen) atoms. The number of aromatic nitrogens is 2. The van der Waals surface area contributed by atoms with Crippen LogP contribution in [0.25, 0.3) is 0 Å². The van der Waals surface area contributed by atoms with Crippen LogP contribution in [-0.2, 0) is 16.0 Å². The number of carbonyl (C=O) groups is 1. The fraction of sp³-hybridized carbons (Fsp3) is 0.471. The van der Waals surface area contributed by atoms with Gasteiger partial charge < -0.3 is 14.2 Å². The van der Waals surface area contributed by atoms with E-state index in [2.05, 4.69) is 35.3 Å². The van der Waals surface area contributed by atoms with Crippen LogP contribution >= 0.6 is 0 Å². The van der Waals surface area contributed by atoms with Gasteiger partial charge in [0.05, 0.1) is 12.5 Å². The number of carbonyl (C=O) groups excluding carboxylic acids is 1. The number of rotatable bonds is 6. The number of methoxy groups -OCH3 is 1. The summed E-state index contributed by atoms with van der Waals surface area (Å²) in [6.45, 7) is 3.83. The molecule has 1 fully saturated rings. The Hall–Kier alpha value is -2.21. The first-order valence-corrected chi connectivity index (χ1v) is 7.80. The summed E-state index contributed by atoms with van der Waals surface area (Å²) in [5.41, 5.74) is 2.36. The minimum Gasteiger partial charge on any atom is -0.383 e. The third-order valence-corrected chi connectivity index (χ3v) is 4.06. The van der Waals surface area contributed by atoms with Crippen molar-refractivity contribution in [3.05, 3.63) is 47.1 Å². The van der Waals surface area contributed by atoms with Crippen LogP contribution in [-0.4, -0.2) is 47.8 Å². The van der Waals surface area contributed by atoms with E-state index in [4.69, 9.17) is 9.26 Å². The summed E-state index contributed by atoms with van der Waals surface area (Å²) in [5.74, 6) is 1.32. The molecule has 1 atom stereocenters. The van der Waals surface area contributed by atoms with Gasteiger partial charge in [-0.25, -0.2) is 0 Å². The average molecular weight is 315 g/mol. The van der Waals surface area contributed by atoms with Gasteiger partial charge in [0.1, 0.15) is 0 Å². The summed E-state index contributed by atoms with van der Waals surface area (Å²) in [6.07, 6.45) is 1.06. The second-order valence-corrected chi connectivity index (χ2v) is 5.95. The fourth-order valence-corrected chi connectivity index (χ4v) is 2.86. The number of aryl methyl sites for hydroxylation is 1. The first-order valence-electron chi connectivity index (χ1n) is 7.80. The van der Waals surface area contributed by atoms with Gasteiger partial charge in [-0.3, -0.25) is 4.79 Å². The Kier molecular flexibility index (Phi) is 4.71. The van der Waals surface area contributed by atoms with E-state index >= 15 is 0 Å². The molecular weight excluding hydrogens is 294 g/mol. The lowest BCUT2D eigenvalue weighted by Gasteiger charge is -2.14. The van der Waals surface area contributed by atoms with Crippen LogP contribution in [0.1, 0.15) is 35.2 Å². The molecule has 1 aromatic heterocycles. The lowest BCUT2D eigenvalue weighted by atomic mass is 10.1. The smallest absolute Gasteiger partial charge is 0.232 e. The normalized spacial score (nSPS) is 17.9. The molecule has 0 N–H and O–H groups in total. The van der Waals surface area contributed by atoms with Crippen LogP contribution in [0, 0.1) is 6.92 Å². The Morgan fingerprint density at radius 3 is 3.09 bits per heavy atom. The van der Waals surface area contributed by atoms with E-state index in [9.17, 15) is 4.79 Å². The average Bonchev–Trinajstić information content (AvgIpc) is 3.12. The minimum atomic E-state index is -0.0156. The van der Waals surface area contributed by atoms with Gasteiger partial charge in [-0.1, -0.05) is 35.0 Å². The van der Waals surface area contributed by atoms with Gasteiger partial charge >= 0.3 is 0 Å². The third kappa shape index (κ3) is 3.76. The number of hydrogen-bond donors (Lipinski definition) is 0. The van der Waals surface area contributed by atoms with Gasteiger partial charge in [0.2, 0.25) is 11.8 Å². The van der Waals surface area contributed by atoms with Crippen LogP contribution in [0.3, 0.4) is 0 Å². The van der Waals surface area contributed by atoms with E-state index in [1.54, 1.807) is 12.0 Å². The second-order valence-electron chi connectivity index (χ2n) is 5.95. The number of benzene rings is 1. The molecule has 0 unspecified atom stereocenters. The van der Waals surface area contributed by atoms with Crippen molar-refractivity contribution in [3.8, 4) is 0 Å². The Labute approximate surface area is 135 Å². The maximum absolute atomic E-state index is 12.0. The molecule has 0 saturated carbocycles. The van der Waals surface area contributed by atoms with Crippen LogP contribution in [0.5, 0.6) is 0 Å². The van der Waals surface area contributed by atoms with Crippen LogP contribution in [0.4, 0.5) is 0 Å². The van der Waals surface area contributed by atoms with Crippen molar-refractivity contribution in [2.75, 3.05) is 26.8 Å². The second kappa shape index (κ2) is 6.91. The predicted octanol–water partition coefficient (Wildman–Crippen LogP) is 1.93. The zero-order valence-electron chi connectivity index (χ0n) is 13.5. The number of likely N-dealkylation sites (tertiary alicyclic amines) is 1. The summed E-state index contributed by atoms with van der Waals surface area (Å²) < 4.78 is 10.4. The quantitative estimate of drug-likeness (QED) is 0.815. The highest BCUT2D eigenvalue weighted by molar-refractivity contribution is 5.79. The van der Waals surface area contributed by atoms with Crippen molar-refractivity contribution in [2.24, 2.45) is 0 Å². The Morgan fingerprint density at radius 2 is 2.30 bits per heavy atom. The molecule has 0 bridgehead atoms. The van der Waals surface area contributed by atoms with E-state index < -0.39 is 0 Å². The number of hydrogen-bond acceptors (Lipinski definition) is 5. The van der Waals surface area contributed by atoms with Gasteiger partial charge in [0.25, 0.3) is 0 Å². The molecule has 0 aliphatic carbocycles. The van der Waals surface area contributed by atoms with E-state index in [1.807, 2.05) is 6.07 Å². The summed E-state index contributed by atoms with van der Waals surface area (Å²) in [4.78, 5) is 18.2. The lowest BCUT2D eigenvalue weighted by molar-refractivity contribution is -0.128. The molecule has 1 aliphatic rings. The fourth-order valence-electron chi connectivity index (χ4n) is 2.86. The number of nitrogens with zero attached hydrogens (tertiary/aromatic N) is 3. The first-order chi connectivity index (χ1) is 11.2. The molecule has 122 valence electrons. The highest BCUT2D eigenvalue weighted by Crippen LogP contribution is 2.27. The largest absolute Gasteiger partial charge is 0.383 e. The maximum atomic E-state index is 12.0. The maximum Gasteiger partial charge on any atom is 0.232 e. The van der Waals surface area contributed by atoms with Gasteiger partial charge in [0.15, 0.2) is 5.82 Å². The van der Waals surface area contributed by atoms with Crippen molar-refractivity contribution in [2.45, 2.75) is 25.7 Å². The monoisotopic (exact) mass is 315 g/mol. The van der Waals surface area contributed by atoms with Crippen LogP contribution in [0.15, 0.2) is 28.8 Å². The number of ether oxygens (including phenoxy) is 1. The Balaban J connectivity index is 1.64. The van der Waals surface area contributed by atoms with Crippen LogP contribution < -0.4 is 0 Å². The summed E-state index contributed by atoms with van der Waals surface area (Å²) >= 11 is 0.